The molecule has 1 N–H and O–H groups in total. The summed E-state index contributed by atoms with van der Waals surface area (Å²) >= 11 is 6.05. The standard InChI is InChI=1S/C17H17ClO5/c1-22-16(20)17(21)9-12(10-4-2-5-11(18)8-10)15-13(19)6-3-7-14(15)23-17/h2,4-5,8,12,21H,3,6-7,9H2,1H3/t12-,17?/m1/s1. The van der Waals surface area contributed by atoms with E-state index in [0.29, 0.717) is 35.6 Å². The quantitative estimate of drug-likeness (QED) is 0.841. The molecular weight excluding hydrogens is 320 g/mol. The lowest BCUT2D eigenvalue weighted by molar-refractivity contribution is -0.222. The van der Waals surface area contributed by atoms with Crippen molar-refractivity contribution in [3.8, 4) is 0 Å². The molecule has 1 aliphatic heterocycles. The first-order chi connectivity index (χ1) is 10.9. The van der Waals surface area contributed by atoms with Gasteiger partial charge in [0.1, 0.15) is 5.76 Å². The molecular formula is C17H17ClO5. The molecule has 3 rings (SSSR count). The van der Waals surface area contributed by atoms with E-state index < -0.39 is 17.7 Å². The Kier molecular flexibility index (Phi) is 4.17. The molecule has 23 heavy (non-hydrogen) atoms. The number of carbonyl (C=O) groups excluding carboxylic acids is 2. The number of ether oxygens (including phenoxy) is 2. The number of aliphatic hydroxyl groups is 1. The maximum absolute atomic E-state index is 12.4. The SMILES string of the molecule is COC(=O)C1(O)C[C@H](c2cccc(Cl)c2)C2=C(CCCC2=O)O1. The Hall–Kier alpha value is -1.85. The van der Waals surface area contributed by atoms with Crippen LogP contribution in [0.1, 0.15) is 37.2 Å². The topological polar surface area (TPSA) is 72.8 Å². The van der Waals surface area contributed by atoms with E-state index >= 15 is 0 Å². The maximum atomic E-state index is 12.4. The molecule has 0 amide bonds. The minimum absolute atomic E-state index is 0.0110. The van der Waals surface area contributed by atoms with Gasteiger partial charge in [-0.1, -0.05) is 23.7 Å². The van der Waals surface area contributed by atoms with Crippen LogP contribution in [0.25, 0.3) is 0 Å². The molecule has 0 aromatic heterocycles. The molecule has 122 valence electrons. The average molecular weight is 337 g/mol. The van der Waals surface area contributed by atoms with Crippen molar-refractivity contribution in [1.82, 2.24) is 0 Å². The van der Waals surface area contributed by atoms with Gasteiger partial charge in [-0.2, -0.15) is 0 Å². The molecule has 1 unspecified atom stereocenters. The summed E-state index contributed by atoms with van der Waals surface area (Å²) in [7, 11) is 1.19. The van der Waals surface area contributed by atoms with Gasteiger partial charge in [0, 0.05) is 35.8 Å². The highest BCUT2D eigenvalue weighted by Crippen LogP contribution is 2.45. The second-order valence-corrected chi connectivity index (χ2v) is 6.24. The average Bonchev–Trinajstić information content (AvgIpc) is 2.53. The summed E-state index contributed by atoms with van der Waals surface area (Å²) in [5, 5.41) is 11.1. The van der Waals surface area contributed by atoms with Gasteiger partial charge in [-0.15, -0.1) is 0 Å². The van der Waals surface area contributed by atoms with Gasteiger partial charge in [-0.3, -0.25) is 4.79 Å². The summed E-state index contributed by atoms with van der Waals surface area (Å²) in [5.74, 6) is -3.03. The third kappa shape index (κ3) is 2.86. The first kappa shape index (κ1) is 16.0. The van der Waals surface area contributed by atoms with E-state index in [1.807, 2.05) is 6.07 Å². The molecule has 5 nitrogen and oxygen atoms in total. The number of benzene rings is 1. The normalized spacial score (nSPS) is 27.3. The Balaban J connectivity index is 2.10. The Morgan fingerprint density at radius 1 is 1.43 bits per heavy atom. The predicted octanol–water partition coefficient (Wildman–Crippen LogP) is 2.71. The van der Waals surface area contributed by atoms with Gasteiger partial charge in [0.25, 0.3) is 0 Å². The van der Waals surface area contributed by atoms with Crippen molar-refractivity contribution < 1.29 is 24.2 Å². The third-order valence-corrected chi connectivity index (χ3v) is 4.52. The lowest BCUT2D eigenvalue weighted by Gasteiger charge is -2.39. The molecule has 1 aromatic rings. The number of hydrogen-bond donors (Lipinski definition) is 1. The van der Waals surface area contributed by atoms with Gasteiger partial charge in [-0.25, -0.2) is 4.79 Å². The molecule has 0 saturated heterocycles. The Bertz CT molecular complexity index is 696. The number of esters is 1. The molecule has 0 bridgehead atoms. The Morgan fingerprint density at radius 3 is 2.91 bits per heavy atom. The number of rotatable bonds is 2. The number of halogens is 1. The van der Waals surface area contributed by atoms with E-state index in [9.17, 15) is 14.7 Å². The van der Waals surface area contributed by atoms with Crippen LogP contribution in [0.4, 0.5) is 0 Å². The van der Waals surface area contributed by atoms with Crippen molar-refractivity contribution in [1.29, 1.82) is 0 Å². The zero-order chi connectivity index (χ0) is 16.6. The molecule has 0 saturated carbocycles. The molecule has 1 aliphatic carbocycles. The summed E-state index contributed by atoms with van der Waals surface area (Å²) in [4.78, 5) is 24.3. The molecule has 2 aliphatic rings. The molecule has 0 spiro atoms. The van der Waals surface area contributed by atoms with Crippen LogP contribution in [0.5, 0.6) is 0 Å². The van der Waals surface area contributed by atoms with Crippen molar-refractivity contribution in [2.24, 2.45) is 0 Å². The summed E-state index contributed by atoms with van der Waals surface area (Å²) < 4.78 is 10.1. The fourth-order valence-corrected chi connectivity index (χ4v) is 3.44. The monoisotopic (exact) mass is 336 g/mol. The number of carbonyl (C=O) groups is 2. The fourth-order valence-electron chi connectivity index (χ4n) is 3.25. The highest BCUT2D eigenvalue weighted by Gasteiger charge is 2.50. The van der Waals surface area contributed by atoms with Gasteiger partial charge in [0.2, 0.25) is 0 Å². The number of allylic oxidation sites excluding steroid dienone is 2. The molecule has 0 radical (unpaired) electrons. The number of hydrogen-bond acceptors (Lipinski definition) is 5. The first-order valence-electron chi connectivity index (χ1n) is 7.46. The first-order valence-corrected chi connectivity index (χ1v) is 7.84. The van der Waals surface area contributed by atoms with E-state index in [-0.39, 0.29) is 12.2 Å². The van der Waals surface area contributed by atoms with Gasteiger partial charge in [-0.05, 0) is 24.1 Å². The molecule has 1 heterocycles. The van der Waals surface area contributed by atoms with E-state index in [0.717, 1.165) is 5.56 Å². The van der Waals surface area contributed by atoms with Crippen molar-refractivity contribution >= 4 is 23.4 Å². The lowest BCUT2D eigenvalue weighted by atomic mass is 9.77. The summed E-state index contributed by atoms with van der Waals surface area (Å²) in [6.45, 7) is 0. The van der Waals surface area contributed by atoms with Crippen molar-refractivity contribution in [3.63, 3.8) is 0 Å². The summed E-state index contributed by atoms with van der Waals surface area (Å²) in [5.41, 5.74) is 1.30. The number of ketones is 1. The van der Waals surface area contributed by atoms with Crippen molar-refractivity contribution in [3.05, 3.63) is 46.2 Å². The Morgan fingerprint density at radius 2 is 2.22 bits per heavy atom. The zero-order valence-corrected chi connectivity index (χ0v) is 13.4. The largest absolute Gasteiger partial charge is 0.464 e. The van der Waals surface area contributed by atoms with Crippen LogP contribution in [0, 0.1) is 0 Å². The maximum Gasteiger partial charge on any atom is 0.379 e. The summed E-state index contributed by atoms with van der Waals surface area (Å²) in [6.07, 6.45) is 1.51. The van der Waals surface area contributed by atoms with Crippen LogP contribution in [0.2, 0.25) is 5.02 Å². The Labute approximate surface area is 138 Å². The highest BCUT2D eigenvalue weighted by molar-refractivity contribution is 6.30. The van der Waals surface area contributed by atoms with E-state index in [1.54, 1.807) is 18.2 Å². The van der Waals surface area contributed by atoms with Crippen molar-refractivity contribution in [2.45, 2.75) is 37.4 Å². The van der Waals surface area contributed by atoms with Crippen LogP contribution in [0.15, 0.2) is 35.6 Å². The minimum Gasteiger partial charge on any atom is -0.464 e. The molecule has 6 heteroatoms. The van der Waals surface area contributed by atoms with Crippen molar-refractivity contribution in [2.75, 3.05) is 7.11 Å². The van der Waals surface area contributed by atoms with Crippen LogP contribution < -0.4 is 0 Å². The van der Waals surface area contributed by atoms with E-state index in [1.165, 1.54) is 7.11 Å². The second-order valence-electron chi connectivity index (χ2n) is 5.80. The fraction of sp³-hybridized carbons (Fsp3) is 0.412. The minimum atomic E-state index is -2.09. The molecule has 0 fully saturated rings. The van der Waals surface area contributed by atoms with Crippen LogP contribution in [-0.2, 0) is 19.1 Å². The van der Waals surface area contributed by atoms with Crippen LogP contribution >= 0.6 is 11.6 Å². The number of Topliss-reactive ketones (excluding diaryl/α,β-unsaturated/α-hetero) is 1. The smallest absolute Gasteiger partial charge is 0.379 e. The van der Waals surface area contributed by atoms with Gasteiger partial charge < -0.3 is 14.6 Å². The van der Waals surface area contributed by atoms with Gasteiger partial charge in [0.15, 0.2) is 5.78 Å². The highest BCUT2D eigenvalue weighted by atomic mass is 35.5. The van der Waals surface area contributed by atoms with Gasteiger partial charge >= 0.3 is 11.8 Å². The second kappa shape index (κ2) is 5.98. The van der Waals surface area contributed by atoms with E-state index in [2.05, 4.69) is 4.74 Å². The molecule has 2 atom stereocenters. The van der Waals surface area contributed by atoms with Crippen LogP contribution in [0.3, 0.4) is 0 Å². The zero-order valence-electron chi connectivity index (χ0n) is 12.7. The van der Waals surface area contributed by atoms with Crippen LogP contribution in [-0.4, -0.2) is 29.8 Å². The lowest BCUT2D eigenvalue weighted by Crippen LogP contribution is -2.47. The van der Waals surface area contributed by atoms with Gasteiger partial charge in [0.05, 0.1) is 7.11 Å². The molecule has 1 aromatic carbocycles. The number of methoxy groups -OCH3 is 1. The predicted molar refractivity (Wildman–Crippen MR) is 82.7 cm³/mol. The van der Waals surface area contributed by atoms with E-state index in [4.69, 9.17) is 16.3 Å². The third-order valence-electron chi connectivity index (χ3n) is 4.29. The summed E-state index contributed by atoms with van der Waals surface area (Å²) in [6, 6.07) is 7.07.